The number of nitrogens with zero attached hydrogens (tertiary/aromatic N) is 5. The van der Waals surface area contributed by atoms with Crippen molar-refractivity contribution in [3.05, 3.63) is 42.2 Å². The minimum atomic E-state index is 0.873. The normalized spacial score (nSPS) is 15.4. The molecule has 0 saturated heterocycles. The summed E-state index contributed by atoms with van der Waals surface area (Å²) in [5, 5.41) is 11.5. The number of pyridine rings is 1. The molecule has 100 valence electrons. The van der Waals surface area contributed by atoms with Crippen molar-refractivity contribution in [1.29, 1.82) is 0 Å². The molecular formula is C13H18N6. The highest BCUT2D eigenvalue weighted by Crippen LogP contribution is 2.07. The van der Waals surface area contributed by atoms with E-state index in [9.17, 15) is 0 Å². The molecular weight excluding hydrogens is 240 g/mol. The molecule has 3 heterocycles. The van der Waals surface area contributed by atoms with Crippen LogP contribution in [0.4, 0.5) is 0 Å². The molecule has 0 atom stereocenters. The van der Waals surface area contributed by atoms with Gasteiger partial charge in [0.1, 0.15) is 12.2 Å². The SMILES string of the molecule is c1cncc(CNCCN2CCn3cnnc3C2)c1. The Morgan fingerprint density at radius 1 is 1.32 bits per heavy atom. The molecule has 2 aromatic rings. The van der Waals surface area contributed by atoms with Gasteiger partial charge in [0.15, 0.2) is 0 Å². The van der Waals surface area contributed by atoms with Gasteiger partial charge < -0.3 is 9.88 Å². The fourth-order valence-electron chi connectivity index (χ4n) is 2.28. The highest BCUT2D eigenvalue weighted by molar-refractivity contribution is 5.07. The van der Waals surface area contributed by atoms with Gasteiger partial charge in [0.25, 0.3) is 0 Å². The van der Waals surface area contributed by atoms with Crippen LogP contribution in [0.2, 0.25) is 0 Å². The summed E-state index contributed by atoms with van der Waals surface area (Å²) in [4.78, 5) is 6.51. The van der Waals surface area contributed by atoms with Gasteiger partial charge >= 0.3 is 0 Å². The highest BCUT2D eigenvalue weighted by atomic mass is 15.3. The summed E-state index contributed by atoms with van der Waals surface area (Å²) in [7, 11) is 0. The van der Waals surface area contributed by atoms with Crippen molar-refractivity contribution in [2.75, 3.05) is 19.6 Å². The van der Waals surface area contributed by atoms with Gasteiger partial charge in [-0.25, -0.2) is 0 Å². The molecule has 3 rings (SSSR count). The minimum Gasteiger partial charge on any atom is -0.315 e. The molecule has 1 N–H and O–H groups in total. The summed E-state index contributed by atoms with van der Waals surface area (Å²) in [6, 6.07) is 4.05. The highest BCUT2D eigenvalue weighted by Gasteiger charge is 2.16. The van der Waals surface area contributed by atoms with E-state index in [1.807, 2.05) is 18.6 Å². The zero-order valence-corrected chi connectivity index (χ0v) is 10.9. The first-order chi connectivity index (χ1) is 9.42. The van der Waals surface area contributed by atoms with Gasteiger partial charge in [-0.2, -0.15) is 0 Å². The molecule has 0 bridgehead atoms. The zero-order chi connectivity index (χ0) is 12.9. The first-order valence-corrected chi connectivity index (χ1v) is 6.60. The topological polar surface area (TPSA) is 58.9 Å². The average molecular weight is 258 g/mol. The Morgan fingerprint density at radius 3 is 3.21 bits per heavy atom. The van der Waals surface area contributed by atoms with Gasteiger partial charge in [-0.1, -0.05) is 6.07 Å². The molecule has 0 radical (unpaired) electrons. The summed E-state index contributed by atoms with van der Waals surface area (Å²) in [5.74, 6) is 1.07. The quantitative estimate of drug-likeness (QED) is 0.781. The minimum absolute atomic E-state index is 0.873. The van der Waals surface area contributed by atoms with Crippen molar-refractivity contribution in [3.63, 3.8) is 0 Å². The molecule has 0 aliphatic carbocycles. The van der Waals surface area contributed by atoms with Gasteiger partial charge in [0.2, 0.25) is 0 Å². The second-order valence-corrected chi connectivity index (χ2v) is 4.75. The lowest BCUT2D eigenvalue weighted by Crippen LogP contribution is -2.38. The van der Waals surface area contributed by atoms with E-state index >= 15 is 0 Å². The van der Waals surface area contributed by atoms with Crippen LogP contribution in [0.3, 0.4) is 0 Å². The van der Waals surface area contributed by atoms with Gasteiger partial charge in [0, 0.05) is 45.1 Å². The Hall–Kier alpha value is -1.79. The van der Waals surface area contributed by atoms with E-state index in [1.165, 1.54) is 5.56 Å². The van der Waals surface area contributed by atoms with Crippen LogP contribution < -0.4 is 5.32 Å². The smallest absolute Gasteiger partial charge is 0.147 e. The zero-order valence-electron chi connectivity index (χ0n) is 10.9. The Labute approximate surface area is 112 Å². The lowest BCUT2D eigenvalue weighted by Gasteiger charge is -2.26. The molecule has 19 heavy (non-hydrogen) atoms. The number of nitrogens with one attached hydrogen (secondary N) is 1. The molecule has 0 spiro atoms. The van der Waals surface area contributed by atoms with E-state index in [1.54, 1.807) is 6.20 Å². The lowest BCUT2D eigenvalue weighted by molar-refractivity contribution is 0.217. The van der Waals surface area contributed by atoms with E-state index in [0.29, 0.717) is 0 Å². The Bertz CT molecular complexity index is 509. The molecule has 6 heteroatoms. The first-order valence-electron chi connectivity index (χ1n) is 6.60. The van der Waals surface area contributed by atoms with Crippen molar-refractivity contribution in [3.8, 4) is 0 Å². The third-order valence-corrected chi connectivity index (χ3v) is 3.37. The number of fused-ring (bicyclic) bond motifs is 1. The molecule has 0 unspecified atom stereocenters. The van der Waals surface area contributed by atoms with E-state index in [0.717, 1.165) is 45.1 Å². The molecule has 1 aliphatic heterocycles. The van der Waals surface area contributed by atoms with Crippen molar-refractivity contribution < 1.29 is 0 Å². The summed E-state index contributed by atoms with van der Waals surface area (Å²) in [6.07, 6.45) is 5.51. The van der Waals surface area contributed by atoms with Gasteiger partial charge in [0.05, 0.1) is 6.54 Å². The second kappa shape index (κ2) is 5.90. The Kier molecular flexibility index (Phi) is 3.81. The molecule has 6 nitrogen and oxygen atoms in total. The molecule has 2 aromatic heterocycles. The summed E-state index contributed by atoms with van der Waals surface area (Å²) in [5.41, 5.74) is 1.22. The van der Waals surface area contributed by atoms with Crippen molar-refractivity contribution in [1.82, 2.24) is 30.0 Å². The van der Waals surface area contributed by atoms with E-state index in [2.05, 4.69) is 36.0 Å². The van der Waals surface area contributed by atoms with Crippen LogP contribution >= 0.6 is 0 Å². The fourth-order valence-corrected chi connectivity index (χ4v) is 2.28. The van der Waals surface area contributed by atoms with Crippen LogP contribution in [-0.2, 0) is 19.6 Å². The van der Waals surface area contributed by atoms with Gasteiger partial charge in [-0.3, -0.25) is 9.88 Å². The number of hydrogen-bond donors (Lipinski definition) is 1. The van der Waals surface area contributed by atoms with E-state index in [-0.39, 0.29) is 0 Å². The maximum atomic E-state index is 4.13. The molecule has 0 fully saturated rings. The standard InChI is InChI=1S/C13H18N6/c1-2-12(8-14-3-1)9-15-4-5-18-6-7-19-11-16-17-13(19)10-18/h1-3,8,11,15H,4-7,9-10H2. The summed E-state index contributed by atoms with van der Waals surface area (Å²) < 4.78 is 2.12. The van der Waals surface area contributed by atoms with Crippen LogP contribution in [0.5, 0.6) is 0 Å². The van der Waals surface area contributed by atoms with Crippen LogP contribution in [0.15, 0.2) is 30.9 Å². The summed E-state index contributed by atoms with van der Waals surface area (Å²) in [6.45, 7) is 5.84. The number of aromatic nitrogens is 4. The predicted molar refractivity (Wildman–Crippen MR) is 71.2 cm³/mol. The monoisotopic (exact) mass is 258 g/mol. The van der Waals surface area contributed by atoms with Crippen molar-refractivity contribution in [2.45, 2.75) is 19.6 Å². The van der Waals surface area contributed by atoms with Crippen molar-refractivity contribution in [2.24, 2.45) is 0 Å². The predicted octanol–water partition coefficient (Wildman–Crippen LogP) is 0.278. The molecule has 0 amide bonds. The third-order valence-electron chi connectivity index (χ3n) is 3.37. The molecule has 1 aliphatic rings. The van der Waals surface area contributed by atoms with Crippen LogP contribution in [-0.4, -0.2) is 44.3 Å². The van der Waals surface area contributed by atoms with E-state index in [4.69, 9.17) is 0 Å². The summed E-state index contributed by atoms with van der Waals surface area (Å²) >= 11 is 0. The third kappa shape index (κ3) is 3.15. The number of hydrogen-bond acceptors (Lipinski definition) is 5. The average Bonchev–Trinajstić information content (AvgIpc) is 2.92. The maximum absolute atomic E-state index is 4.13. The number of rotatable bonds is 5. The van der Waals surface area contributed by atoms with E-state index < -0.39 is 0 Å². The van der Waals surface area contributed by atoms with Crippen LogP contribution in [0.25, 0.3) is 0 Å². The van der Waals surface area contributed by atoms with Gasteiger partial charge in [-0.15, -0.1) is 10.2 Å². The Morgan fingerprint density at radius 2 is 2.32 bits per heavy atom. The molecule has 0 saturated carbocycles. The van der Waals surface area contributed by atoms with Crippen molar-refractivity contribution >= 4 is 0 Å². The Balaban J connectivity index is 1.40. The van der Waals surface area contributed by atoms with Crippen LogP contribution in [0, 0.1) is 0 Å². The molecule has 0 aromatic carbocycles. The lowest BCUT2D eigenvalue weighted by atomic mass is 10.3. The fraction of sp³-hybridized carbons (Fsp3) is 0.462. The maximum Gasteiger partial charge on any atom is 0.147 e. The second-order valence-electron chi connectivity index (χ2n) is 4.75. The first kappa shape index (κ1) is 12.3. The largest absolute Gasteiger partial charge is 0.315 e. The van der Waals surface area contributed by atoms with Crippen LogP contribution in [0.1, 0.15) is 11.4 Å². The van der Waals surface area contributed by atoms with Gasteiger partial charge in [-0.05, 0) is 11.6 Å².